The Labute approximate surface area is 205 Å². The zero-order valence-electron chi connectivity index (χ0n) is 17.2. The minimum Gasteiger partial charge on any atom is -0.306 e. The van der Waals surface area contributed by atoms with E-state index in [-0.39, 0.29) is 32.3 Å². The number of hydrazine groups is 1. The topological polar surface area (TPSA) is 86.8 Å². The highest BCUT2D eigenvalue weighted by atomic mass is 35.5. The first-order valence-electron chi connectivity index (χ1n) is 8.88. The minimum absolute atomic E-state index is 0.0170. The number of amides is 3. The lowest BCUT2D eigenvalue weighted by atomic mass is 10.1. The summed E-state index contributed by atoms with van der Waals surface area (Å²) in [6.45, 7) is 5.23. The number of nitrogens with one attached hydrogen (secondary N) is 2. The number of allylic oxidation sites excluding steroid dienone is 2. The molecule has 12 heteroatoms. The monoisotopic (exact) mass is 517 g/mol. The van der Waals surface area contributed by atoms with E-state index in [0.29, 0.717) is 10.6 Å². The maximum absolute atomic E-state index is 13.3. The van der Waals surface area contributed by atoms with E-state index in [4.69, 9.17) is 51.2 Å². The molecule has 2 aromatic rings. The number of rotatable bonds is 7. The first kappa shape index (κ1) is 25.9. The Morgan fingerprint density at radius 1 is 1.25 bits per heavy atom. The normalized spacial score (nSPS) is 11.5. The number of urea groups is 1. The Morgan fingerprint density at radius 2 is 1.94 bits per heavy atom. The van der Waals surface area contributed by atoms with Crippen molar-refractivity contribution in [1.29, 1.82) is 0 Å². The molecule has 1 aromatic carbocycles. The third-order valence-corrected chi connectivity index (χ3v) is 5.34. The highest BCUT2D eigenvalue weighted by Gasteiger charge is 2.27. The average Bonchev–Trinajstić information content (AvgIpc) is 2.75. The molecule has 0 spiro atoms. The van der Waals surface area contributed by atoms with Gasteiger partial charge in [-0.1, -0.05) is 53.0 Å². The molecule has 0 saturated heterocycles. The Hall–Kier alpha value is -2.33. The Balaban J connectivity index is 2.58. The molecular formula is C20H19Cl4N5O3. The van der Waals surface area contributed by atoms with Crippen LogP contribution in [0.2, 0.25) is 10.0 Å². The van der Waals surface area contributed by atoms with Crippen LogP contribution < -0.4 is 15.8 Å². The molecule has 0 aliphatic carbocycles. The van der Waals surface area contributed by atoms with Crippen LogP contribution in [0.4, 0.5) is 16.3 Å². The van der Waals surface area contributed by atoms with Crippen LogP contribution in [0.15, 0.2) is 53.3 Å². The van der Waals surface area contributed by atoms with E-state index >= 15 is 0 Å². The average molecular weight is 519 g/mol. The Kier molecular flexibility index (Phi) is 9.33. The number of aryl methyl sites for hydroxylation is 1. The van der Waals surface area contributed by atoms with Gasteiger partial charge in [0.25, 0.3) is 5.91 Å². The van der Waals surface area contributed by atoms with E-state index in [1.54, 1.807) is 19.1 Å². The molecular weight excluding hydrogens is 500 g/mol. The van der Waals surface area contributed by atoms with Crippen molar-refractivity contribution in [2.75, 3.05) is 24.4 Å². The SMILES string of the molecule is C=C/C(Cl)=C(/Cl)N(C(=O)Nc1c(C)cc(Cl)cc1C(=O)N(C)NOC)c1ncccc1Cl. The number of carbonyl (C=O) groups is 2. The molecule has 0 aliphatic rings. The van der Waals surface area contributed by atoms with Gasteiger partial charge in [-0.15, -0.1) is 5.59 Å². The smallest absolute Gasteiger partial charge is 0.306 e. The number of halogens is 4. The molecule has 1 aromatic heterocycles. The van der Waals surface area contributed by atoms with E-state index in [2.05, 4.69) is 22.5 Å². The predicted molar refractivity (Wildman–Crippen MR) is 128 cm³/mol. The van der Waals surface area contributed by atoms with Gasteiger partial charge in [0.15, 0.2) is 5.82 Å². The van der Waals surface area contributed by atoms with Gasteiger partial charge in [0, 0.05) is 18.3 Å². The molecule has 0 aliphatic heterocycles. The second-order valence-electron chi connectivity index (χ2n) is 6.22. The molecule has 1 heterocycles. The van der Waals surface area contributed by atoms with Gasteiger partial charge in [0.1, 0.15) is 5.16 Å². The summed E-state index contributed by atoms with van der Waals surface area (Å²) in [5.41, 5.74) is 3.19. The van der Waals surface area contributed by atoms with Crippen molar-refractivity contribution in [1.82, 2.24) is 15.6 Å². The van der Waals surface area contributed by atoms with Crippen molar-refractivity contribution in [2.45, 2.75) is 6.92 Å². The molecule has 2 N–H and O–H groups in total. The van der Waals surface area contributed by atoms with Crippen molar-refractivity contribution >= 4 is 69.8 Å². The standard InChI is InChI=1S/C20H19Cl4N5O3/c1-5-14(22)17(24)29(18-15(23)7-6-8-25-18)20(31)26-16-11(2)9-12(21)10-13(16)19(30)28(3)27-32-4/h5-10,27H,1H2,2-4H3,(H,26,31)/b17-14+. The maximum atomic E-state index is 13.3. The Bertz CT molecular complexity index is 1080. The van der Waals surface area contributed by atoms with E-state index in [0.717, 1.165) is 9.91 Å². The summed E-state index contributed by atoms with van der Waals surface area (Å²) >= 11 is 24.8. The van der Waals surface area contributed by atoms with Crippen LogP contribution in [0.3, 0.4) is 0 Å². The zero-order valence-corrected chi connectivity index (χ0v) is 20.3. The third-order valence-electron chi connectivity index (χ3n) is 4.02. The molecule has 170 valence electrons. The molecule has 0 atom stereocenters. The highest BCUT2D eigenvalue weighted by molar-refractivity contribution is 6.43. The number of pyridine rings is 1. The van der Waals surface area contributed by atoms with Crippen LogP contribution in [0.5, 0.6) is 0 Å². The fraction of sp³-hybridized carbons (Fsp3) is 0.150. The summed E-state index contributed by atoms with van der Waals surface area (Å²) in [5, 5.41) is 3.98. The predicted octanol–water partition coefficient (Wildman–Crippen LogP) is 5.71. The minimum atomic E-state index is -0.780. The van der Waals surface area contributed by atoms with Gasteiger partial charge in [-0.3, -0.25) is 14.6 Å². The number of carbonyl (C=O) groups excluding carboxylic acids is 2. The fourth-order valence-corrected chi connectivity index (χ4v) is 3.41. The molecule has 2 rings (SSSR count). The van der Waals surface area contributed by atoms with Crippen LogP contribution >= 0.6 is 46.4 Å². The number of benzene rings is 1. The number of hydrogen-bond acceptors (Lipinski definition) is 5. The van der Waals surface area contributed by atoms with Gasteiger partial charge >= 0.3 is 6.03 Å². The molecule has 32 heavy (non-hydrogen) atoms. The van der Waals surface area contributed by atoms with Crippen LogP contribution in [0, 0.1) is 6.92 Å². The summed E-state index contributed by atoms with van der Waals surface area (Å²) in [6, 6.07) is 5.34. The molecule has 0 bridgehead atoms. The number of hydrogen-bond donors (Lipinski definition) is 2. The van der Waals surface area contributed by atoms with Gasteiger partial charge in [0.05, 0.1) is 28.4 Å². The quantitative estimate of drug-likeness (QED) is 0.278. The van der Waals surface area contributed by atoms with Gasteiger partial charge in [-0.25, -0.2) is 14.7 Å². The van der Waals surface area contributed by atoms with Crippen LogP contribution in [-0.2, 0) is 4.84 Å². The van der Waals surface area contributed by atoms with Gasteiger partial charge in [-0.05, 0) is 42.8 Å². The van der Waals surface area contributed by atoms with Crippen LogP contribution in [0.25, 0.3) is 0 Å². The summed E-state index contributed by atoms with van der Waals surface area (Å²) in [6.07, 6.45) is 2.69. The highest BCUT2D eigenvalue weighted by Crippen LogP contribution is 2.32. The number of nitrogens with zero attached hydrogens (tertiary/aromatic N) is 3. The van der Waals surface area contributed by atoms with E-state index in [1.807, 2.05) is 0 Å². The molecule has 0 saturated carbocycles. The van der Waals surface area contributed by atoms with Crippen molar-refractivity contribution in [2.24, 2.45) is 0 Å². The number of aromatic nitrogens is 1. The van der Waals surface area contributed by atoms with E-state index in [1.165, 1.54) is 38.6 Å². The number of anilines is 2. The van der Waals surface area contributed by atoms with Crippen molar-refractivity contribution in [3.8, 4) is 0 Å². The molecule has 0 unspecified atom stereocenters. The van der Waals surface area contributed by atoms with Gasteiger partial charge in [0.2, 0.25) is 0 Å². The van der Waals surface area contributed by atoms with Crippen molar-refractivity contribution < 1.29 is 14.4 Å². The van der Waals surface area contributed by atoms with Crippen molar-refractivity contribution in [3.05, 3.63) is 74.5 Å². The lowest BCUT2D eigenvalue weighted by molar-refractivity contribution is -0.0281. The summed E-state index contributed by atoms with van der Waals surface area (Å²) in [5.74, 6) is -0.504. The van der Waals surface area contributed by atoms with E-state index in [9.17, 15) is 9.59 Å². The lowest BCUT2D eigenvalue weighted by Crippen LogP contribution is -2.40. The third kappa shape index (κ3) is 5.92. The largest absolute Gasteiger partial charge is 0.332 e. The molecule has 0 fully saturated rings. The summed E-state index contributed by atoms with van der Waals surface area (Å²) in [7, 11) is 2.79. The van der Waals surface area contributed by atoms with Crippen molar-refractivity contribution in [3.63, 3.8) is 0 Å². The summed E-state index contributed by atoms with van der Waals surface area (Å²) in [4.78, 5) is 36.1. The maximum Gasteiger partial charge on any atom is 0.332 e. The lowest BCUT2D eigenvalue weighted by Gasteiger charge is -2.25. The van der Waals surface area contributed by atoms with Crippen LogP contribution in [0.1, 0.15) is 15.9 Å². The first-order chi connectivity index (χ1) is 15.1. The van der Waals surface area contributed by atoms with Crippen LogP contribution in [-0.4, -0.2) is 36.1 Å². The second-order valence-corrected chi connectivity index (χ2v) is 7.83. The summed E-state index contributed by atoms with van der Waals surface area (Å²) < 4.78 is 0. The van der Waals surface area contributed by atoms with Gasteiger partial charge < -0.3 is 5.32 Å². The molecule has 3 amide bonds. The molecule has 8 nitrogen and oxygen atoms in total. The Morgan fingerprint density at radius 3 is 2.53 bits per heavy atom. The second kappa shape index (κ2) is 11.5. The fourth-order valence-electron chi connectivity index (χ4n) is 2.61. The molecule has 0 radical (unpaired) electrons. The van der Waals surface area contributed by atoms with E-state index < -0.39 is 11.9 Å². The zero-order chi connectivity index (χ0) is 24.0. The van der Waals surface area contributed by atoms with Gasteiger partial charge in [-0.2, -0.15) is 0 Å². The first-order valence-corrected chi connectivity index (χ1v) is 10.4.